The molecular weight excluding hydrogens is 216 g/mol. The lowest BCUT2D eigenvalue weighted by atomic mass is 10.3. The Morgan fingerprint density at radius 2 is 2.35 bits per heavy atom. The molecule has 1 aliphatic rings. The van der Waals surface area contributed by atoms with Crippen LogP contribution in [0, 0.1) is 11.3 Å². The summed E-state index contributed by atoms with van der Waals surface area (Å²) in [5.74, 6) is 0.0848. The number of hydrogen-bond donors (Lipinski definition) is 2. The van der Waals surface area contributed by atoms with Crippen LogP contribution in [0.3, 0.4) is 0 Å². The molecule has 17 heavy (non-hydrogen) atoms. The Kier molecular flexibility index (Phi) is 3.55. The minimum Gasteiger partial charge on any atom is -0.383 e. The van der Waals surface area contributed by atoms with E-state index in [1.807, 2.05) is 6.07 Å². The van der Waals surface area contributed by atoms with Crippen molar-refractivity contribution in [2.24, 2.45) is 0 Å². The molecule has 1 aliphatic carbocycles. The van der Waals surface area contributed by atoms with Gasteiger partial charge in [-0.15, -0.1) is 0 Å². The molecule has 1 saturated carbocycles. The topological polar surface area (TPSA) is 77.8 Å². The Balaban J connectivity index is 1.69. The predicted molar refractivity (Wildman–Crippen MR) is 63.2 cm³/mol. The second-order valence-electron chi connectivity index (χ2n) is 4.06. The summed E-state index contributed by atoms with van der Waals surface area (Å²) in [4.78, 5) is 15.3. The Morgan fingerprint density at radius 3 is 2.94 bits per heavy atom. The van der Waals surface area contributed by atoms with Crippen molar-refractivity contribution in [2.45, 2.75) is 25.3 Å². The van der Waals surface area contributed by atoms with E-state index in [9.17, 15) is 4.79 Å². The highest BCUT2D eigenvalue weighted by Crippen LogP contribution is 2.18. The van der Waals surface area contributed by atoms with E-state index in [0.717, 1.165) is 18.5 Å². The van der Waals surface area contributed by atoms with Crippen LogP contribution in [0.1, 0.15) is 25.0 Å². The van der Waals surface area contributed by atoms with Gasteiger partial charge in [-0.3, -0.25) is 4.79 Å². The van der Waals surface area contributed by atoms with Crippen molar-refractivity contribution < 1.29 is 4.79 Å². The smallest absolute Gasteiger partial charge is 0.221 e. The number of hydrogen-bond acceptors (Lipinski definition) is 4. The molecule has 0 aliphatic heterocycles. The molecule has 0 radical (unpaired) electrons. The van der Waals surface area contributed by atoms with Crippen LogP contribution in [0.2, 0.25) is 0 Å². The minimum absolute atomic E-state index is 0.0848. The number of nitrogens with one attached hydrogen (secondary N) is 2. The molecular formula is C12H14N4O. The van der Waals surface area contributed by atoms with Crippen molar-refractivity contribution in [3.63, 3.8) is 0 Å². The van der Waals surface area contributed by atoms with Gasteiger partial charge < -0.3 is 10.6 Å². The molecule has 1 amide bonds. The van der Waals surface area contributed by atoms with Gasteiger partial charge >= 0.3 is 0 Å². The number of nitrogens with zero attached hydrogens (tertiary/aromatic N) is 2. The first-order valence-corrected chi connectivity index (χ1v) is 5.67. The number of nitriles is 1. The number of pyridine rings is 1. The molecule has 1 aromatic heterocycles. The Hall–Kier alpha value is -2.09. The molecule has 1 fully saturated rings. The van der Waals surface area contributed by atoms with Gasteiger partial charge in [-0.2, -0.15) is 5.26 Å². The van der Waals surface area contributed by atoms with E-state index < -0.39 is 0 Å². The largest absolute Gasteiger partial charge is 0.383 e. The average molecular weight is 230 g/mol. The van der Waals surface area contributed by atoms with Crippen molar-refractivity contribution in [3.8, 4) is 6.07 Å². The lowest BCUT2D eigenvalue weighted by Crippen LogP contribution is -2.27. The maximum Gasteiger partial charge on any atom is 0.221 e. The Bertz CT molecular complexity index is 431. The van der Waals surface area contributed by atoms with Crippen molar-refractivity contribution in [3.05, 3.63) is 24.0 Å². The first kappa shape index (κ1) is 11.4. The van der Waals surface area contributed by atoms with Crippen molar-refractivity contribution in [1.82, 2.24) is 10.3 Å². The number of carbonyl (C=O) groups is 1. The highest BCUT2D eigenvalue weighted by Gasteiger charge is 2.22. The molecule has 88 valence electrons. The molecule has 0 unspecified atom stereocenters. The molecule has 0 bridgehead atoms. The van der Waals surface area contributed by atoms with Gasteiger partial charge in [0, 0.05) is 19.0 Å². The first-order chi connectivity index (χ1) is 8.28. The molecule has 5 nitrogen and oxygen atoms in total. The van der Waals surface area contributed by atoms with Gasteiger partial charge in [-0.1, -0.05) is 0 Å². The quantitative estimate of drug-likeness (QED) is 0.792. The first-order valence-electron chi connectivity index (χ1n) is 5.67. The average Bonchev–Trinajstić information content (AvgIpc) is 3.14. The lowest BCUT2D eigenvalue weighted by Gasteiger charge is -2.06. The van der Waals surface area contributed by atoms with Crippen LogP contribution < -0.4 is 10.6 Å². The molecule has 2 rings (SSSR count). The summed E-state index contributed by atoms with van der Waals surface area (Å²) in [6, 6.07) is 5.80. The molecule has 0 atom stereocenters. The number of aromatic nitrogens is 1. The van der Waals surface area contributed by atoms with E-state index in [-0.39, 0.29) is 5.91 Å². The predicted octanol–water partition coefficient (Wildman–Crippen LogP) is 1.03. The van der Waals surface area contributed by atoms with Crippen LogP contribution in [0.25, 0.3) is 0 Å². The summed E-state index contributed by atoms with van der Waals surface area (Å²) in [5, 5.41) is 14.6. The van der Waals surface area contributed by atoms with Crippen molar-refractivity contribution in [2.75, 3.05) is 11.9 Å². The summed E-state index contributed by atoms with van der Waals surface area (Å²) < 4.78 is 0. The van der Waals surface area contributed by atoms with Gasteiger partial charge in [-0.25, -0.2) is 4.98 Å². The summed E-state index contributed by atoms with van der Waals surface area (Å²) in [6.45, 7) is 0.576. The molecule has 1 heterocycles. The van der Waals surface area contributed by atoms with Gasteiger partial charge in [0.1, 0.15) is 11.8 Å². The van der Waals surface area contributed by atoms with Crippen LogP contribution in [-0.2, 0) is 4.79 Å². The number of rotatable bonds is 5. The fraction of sp³-hybridized carbons (Fsp3) is 0.417. The second kappa shape index (κ2) is 5.30. The number of amides is 1. The highest BCUT2D eigenvalue weighted by molar-refractivity contribution is 5.77. The van der Waals surface area contributed by atoms with Crippen molar-refractivity contribution >= 4 is 11.6 Å². The molecule has 5 heteroatoms. The van der Waals surface area contributed by atoms with Crippen LogP contribution >= 0.6 is 0 Å². The van der Waals surface area contributed by atoms with Gasteiger partial charge in [0.2, 0.25) is 5.91 Å². The number of carbonyl (C=O) groups excluding carboxylic acids is 1. The standard InChI is InChI=1S/C12H14N4O/c13-7-10-3-4-11(8-15-10)14-6-5-12(17)16-9-1-2-9/h3-4,8-9,14H,1-2,5-6H2,(H,16,17). The zero-order chi connectivity index (χ0) is 12.1. The van der Waals surface area contributed by atoms with Gasteiger partial charge in [0.15, 0.2) is 0 Å². The van der Waals surface area contributed by atoms with E-state index >= 15 is 0 Å². The molecule has 0 aromatic carbocycles. The van der Waals surface area contributed by atoms with Crippen molar-refractivity contribution in [1.29, 1.82) is 5.26 Å². The fourth-order valence-corrected chi connectivity index (χ4v) is 1.41. The minimum atomic E-state index is 0.0848. The van der Waals surface area contributed by atoms with E-state index in [4.69, 9.17) is 5.26 Å². The zero-order valence-corrected chi connectivity index (χ0v) is 9.44. The summed E-state index contributed by atoms with van der Waals surface area (Å²) in [7, 11) is 0. The molecule has 1 aromatic rings. The van der Waals surface area contributed by atoms with E-state index in [2.05, 4.69) is 15.6 Å². The summed E-state index contributed by atoms with van der Waals surface area (Å²) >= 11 is 0. The third-order valence-electron chi connectivity index (χ3n) is 2.50. The second-order valence-corrected chi connectivity index (χ2v) is 4.06. The molecule has 2 N–H and O–H groups in total. The maximum absolute atomic E-state index is 11.4. The van der Waals surface area contributed by atoms with Crippen LogP contribution in [-0.4, -0.2) is 23.5 Å². The maximum atomic E-state index is 11.4. The Labute approximate surface area is 99.9 Å². The van der Waals surface area contributed by atoms with E-state index in [1.54, 1.807) is 18.3 Å². The van der Waals surface area contributed by atoms with Gasteiger partial charge in [0.25, 0.3) is 0 Å². The molecule has 0 spiro atoms. The molecule has 0 saturated heterocycles. The SMILES string of the molecule is N#Cc1ccc(NCCC(=O)NC2CC2)cn1. The summed E-state index contributed by atoms with van der Waals surface area (Å²) in [6.07, 6.45) is 4.27. The van der Waals surface area contributed by atoms with Crippen LogP contribution in [0.5, 0.6) is 0 Å². The Morgan fingerprint density at radius 1 is 1.53 bits per heavy atom. The lowest BCUT2D eigenvalue weighted by molar-refractivity contribution is -0.120. The summed E-state index contributed by atoms with van der Waals surface area (Å²) in [5.41, 5.74) is 1.21. The van der Waals surface area contributed by atoms with Crippen LogP contribution in [0.4, 0.5) is 5.69 Å². The van der Waals surface area contributed by atoms with Crippen LogP contribution in [0.15, 0.2) is 18.3 Å². The monoisotopic (exact) mass is 230 g/mol. The third kappa shape index (κ3) is 3.76. The fourth-order valence-electron chi connectivity index (χ4n) is 1.41. The number of anilines is 1. The third-order valence-corrected chi connectivity index (χ3v) is 2.50. The van der Waals surface area contributed by atoms with E-state index in [1.165, 1.54) is 0 Å². The van der Waals surface area contributed by atoms with Gasteiger partial charge in [0.05, 0.1) is 11.9 Å². The highest BCUT2D eigenvalue weighted by atomic mass is 16.1. The van der Waals surface area contributed by atoms with E-state index in [0.29, 0.717) is 24.7 Å². The normalized spacial score (nSPS) is 13.8. The van der Waals surface area contributed by atoms with Gasteiger partial charge in [-0.05, 0) is 25.0 Å². The zero-order valence-electron chi connectivity index (χ0n) is 9.44.